The zero-order valence-corrected chi connectivity index (χ0v) is 7.68. The minimum absolute atomic E-state index is 0.221. The predicted molar refractivity (Wildman–Crippen MR) is 46.4 cm³/mol. The van der Waals surface area contributed by atoms with Crippen molar-refractivity contribution in [2.24, 2.45) is 0 Å². The number of carboxylic acid groups (broad SMARTS) is 1. The average molecular weight is 186 g/mol. The summed E-state index contributed by atoms with van der Waals surface area (Å²) in [4.78, 5) is 15.4. The van der Waals surface area contributed by atoms with Gasteiger partial charge in [-0.15, -0.1) is 11.3 Å². The molecule has 0 aromatic carbocycles. The van der Waals surface area contributed by atoms with Crippen molar-refractivity contribution in [3.63, 3.8) is 0 Å². The van der Waals surface area contributed by atoms with E-state index in [0.29, 0.717) is 0 Å². The van der Waals surface area contributed by atoms with Crippen LogP contribution in [0.3, 0.4) is 0 Å². The molecule has 1 aromatic heterocycles. The highest BCUT2D eigenvalue weighted by Gasteiger charge is 2.10. The zero-order chi connectivity index (χ0) is 9.14. The van der Waals surface area contributed by atoms with Crippen molar-refractivity contribution < 1.29 is 9.90 Å². The normalized spacial score (nSPS) is 12.5. The van der Waals surface area contributed by atoms with Crippen LogP contribution in [0.25, 0.3) is 0 Å². The van der Waals surface area contributed by atoms with E-state index in [-0.39, 0.29) is 6.04 Å². The molecule has 0 fully saturated rings. The Morgan fingerprint density at radius 1 is 1.83 bits per heavy atom. The van der Waals surface area contributed by atoms with Crippen molar-refractivity contribution in [3.05, 3.63) is 16.1 Å². The fourth-order valence-corrected chi connectivity index (χ4v) is 1.60. The van der Waals surface area contributed by atoms with E-state index in [4.69, 9.17) is 5.11 Å². The van der Waals surface area contributed by atoms with Gasteiger partial charge in [0.25, 0.3) is 0 Å². The van der Waals surface area contributed by atoms with Gasteiger partial charge in [-0.1, -0.05) is 0 Å². The Bertz CT molecular complexity index is 285. The molecule has 66 valence electrons. The highest BCUT2D eigenvalue weighted by molar-refractivity contribution is 7.11. The van der Waals surface area contributed by atoms with E-state index in [1.165, 1.54) is 11.3 Å². The van der Waals surface area contributed by atoms with Gasteiger partial charge in [0.1, 0.15) is 5.01 Å². The van der Waals surface area contributed by atoms with Crippen LogP contribution in [0, 0.1) is 6.92 Å². The number of aryl methyl sites for hydroxylation is 1. The van der Waals surface area contributed by atoms with Gasteiger partial charge in [0.05, 0.1) is 6.04 Å². The van der Waals surface area contributed by atoms with Gasteiger partial charge in [0.15, 0.2) is 0 Å². The first-order valence-corrected chi connectivity index (χ1v) is 4.33. The van der Waals surface area contributed by atoms with E-state index in [1.54, 1.807) is 13.1 Å². The Hall–Kier alpha value is -1.10. The van der Waals surface area contributed by atoms with Crippen LogP contribution in [0.15, 0.2) is 6.20 Å². The third kappa shape index (κ3) is 2.20. The van der Waals surface area contributed by atoms with Crippen molar-refractivity contribution in [3.8, 4) is 0 Å². The predicted octanol–water partition coefficient (Wildman–Crippen LogP) is 1.78. The van der Waals surface area contributed by atoms with E-state index >= 15 is 0 Å². The molecular weight excluding hydrogens is 176 g/mol. The van der Waals surface area contributed by atoms with E-state index < -0.39 is 6.09 Å². The van der Waals surface area contributed by atoms with E-state index in [1.807, 2.05) is 6.92 Å². The topological polar surface area (TPSA) is 62.2 Å². The molecule has 0 aliphatic heterocycles. The summed E-state index contributed by atoms with van der Waals surface area (Å²) < 4.78 is 0. The lowest BCUT2D eigenvalue weighted by atomic mass is 10.4. The van der Waals surface area contributed by atoms with Crippen LogP contribution in [0.2, 0.25) is 0 Å². The highest BCUT2D eigenvalue weighted by Crippen LogP contribution is 2.18. The van der Waals surface area contributed by atoms with Gasteiger partial charge < -0.3 is 10.4 Å². The van der Waals surface area contributed by atoms with Gasteiger partial charge in [-0.25, -0.2) is 9.78 Å². The van der Waals surface area contributed by atoms with Gasteiger partial charge in [-0.3, -0.25) is 0 Å². The van der Waals surface area contributed by atoms with Gasteiger partial charge in [-0.05, 0) is 13.8 Å². The summed E-state index contributed by atoms with van der Waals surface area (Å²) >= 11 is 1.50. The van der Waals surface area contributed by atoms with E-state index in [0.717, 1.165) is 9.88 Å². The SMILES string of the molecule is Cc1cnc([C@@H](C)NC(=O)O)s1. The number of nitrogens with one attached hydrogen (secondary N) is 1. The molecule has 1 rings (SSSR count). The Balaban J connectivity index is 2.64. The molecule has 0 unspecified atom stereocenters. The summed E-state index contributed by atoms with van der Waals surface area (Å²) in [6.07, 6.45) is 0.718. The summed E-state index contributed by atoms with van der Waals surface area (Å²) in [6, 6.07) is -0.221. The molecule has 12 heavy (non-hydrogen) atoms. The lowest BCUT2D eigenvalue weighted by Crippen LogP contribution is -2.24. The van der Waals surface area contributed by atoms with Crippen molar-refractivity contribution in [1.82, 2.24) is 10.3 Å². The molecule has 2 N–H and O–H groups in total. The highest BCUT2D eigenvalue weighted by atomic mass is 32.1. The Morgan fingerprint density at radius 3 is 2.92 bits per heavy atom. The standard InChI is InChI=1S/C7H10N2O2S/c1-4-3-8-6(12-4)5(2)9-7(10)11/h3,5,9H,1-2H3,(H,10,11)/t5-/m1/s1. The van der Waals surface area contributed by atoms with E-state index in [2.05, 4.69) is 10.3 Å². The second kappa shape index (κ2) is 3.53. The van der Waals surface area contributed by atoms with Gasteiger partial charge in [-0.2, -0.15) is 0 Å². The molecule has 0 spiro atoms. The smallest absolute Gasteiger partial charge is 0.405 e. The number of hydrogen-bond donors (Lipinski definition) is 2. The maximum Gasteiger partial charge on any atom is 0.405 e. The average Bonchev–Trinajstić information content (AvgIpc) is 2.34. The van der Waals surface area contributed by atoms with Crippen LogP contribution in [0.1, 0.15) is 22.9 Å². The molecule has 0 saturated heterocycles. The monoisotopic (exact) mass is 186 g/mol. The van der Waals surface area contributed by atoms with Crippen LogP contribution in [-0.2, 0) is 0 Å². The quantitative estimate of drug-likeness (QED) is 0.740. The fourth-order valence-electron chi connectivity index (χ4n) is 0.819. The minimum atomic E-state index is -1.02. The minimum Gasteiger partial charge on any atom is -0.465 e. The maximum atomic E-state index is 10.3. The largest absolute Gasteiger partial charge is 0.465 e. The van der Waals surface area contributed by atoms with Gasteiger partial charge >= 0.3 is 6.09 Å². The number of amides is 1. The Labute approximate surface area is 74.3 Å². The molecule has 1 amide bonds. The third-order valence-electron chi connectivity index (χ3n) is 1.35. The molecule has 0 bridgehead atoms. The molecule has 1 atom stereocenters. The Morgan fingerprint density at radius 2 is 2.50 bits per heavy atom. The summed E-state index contributed by atoms with van der Waals surface area (Å²) in [5.74, 6) is 0. The molecule has 4 nitrogen and oxygen atoms in total. The lowest BCUT2D eigenvalue weighted by Gasteiger charge is -2.06. The first-order valence-electron chi connectivity index (χ1n) is 3.51. The first-order chi connectivity index (χ1) is 5.59. The first kappa shape index (κ1) is 8.99. The molecule has 1 heterocycles. The summed E-state index contributed by atoms with van der Waals surface area (Å²) in [7, 11) is 0. The van der Waals surface area contributed by atoms with Crippen LogP contribution in [0.5, 0.6) is 0 Å². The summed E-state index contributed by atoms with van der Waals surface area (Å²) in [5, 5.41) is 11.6. The van der Waals surface area contributed by atoms with Crippen LogP contribution >= 0.6 is 11.3 Å². The molecule has 1 aromatic rings. The summed E-state index contributed by atoms with van der Waals surface area (Å²) in [6.45, 7) is 3.71. The molecule has 0 saturated carbocycles. The van der Waals surface area contributed by atoms with Crippen LogP contribution < -0.4 is 5.32 Å². The molecular formula is C7H10N2O2S. The van der Waals surface area contributed by atoms with Gasteiger partial charge in [0.2, 0.25) is 0 Å². The van der Waals surface area contributed by atoms with Crippen molar-refractivity contribution >= 4 is 17.4 Å². The van der Waals surface area contributed by atoms with Gasteiger partial charge in [0, 0.05) is 11.1 Å². The number of hydrogen-bond acceptors (Lipinski definition) is 3. The third-order valence-corrected chi connectivity index (χ3v) is 2.45. The van der Waals surface area contributed by atoms with Crippen LogP contribution in [-0.4, -0.2) is 16.2 Å². The lowest BCUT2D eigenvalue weighted by molar-refractivity contribution is 0.191. The van der Waals surface area contributed by atoms with Crippen molar-refractivity contribution in [1.29, 1.82) is 0 Å². The maximum absolute atomic E-state index is 10.3. The number of carbonyl (C=O) groups is 1. The molecule has 0 radical (unpaired) electrons. The van der Waals surface area contributed by atoms with Crippen molar-refractivity contribution in [2.75, 3.05) is 0 Å². The molecule has 5 heteroatoms. The molecule has 0 aliphatic rings. The second-order valence-corrected chi connectivity index (χ2v) is 3.75. The number of aromatic nitrogens is 1. The van der Waals surface area contributed by atoms with E-state index in [9.17, 15) is 4.79 Å². The zero-order valence-electron chi connectivity index (χ0n) is 6.87. The summed E-state index contributed by atoms with van der Waals surface area (Å²) in [5.41, 5.74) is 0. The second-order valence-electron chi connectivity index (χ2n) is 2.48. The number of rotatable bonds is 2. The number of thiazole rings is 1. The Kier molecular flexibility index (Phi) is 2.65. The molecule has 0 aliphatic carbocycles. The fraction of sp³-hybridized carbons (Fsp3) is 0.429. The van der Waals surface area contributed by atoms with Crippen LogP contribution in [0.4, 0.5) is 4.79 Å². The van der Waals surface area contributed by atoms with Crippen molar-refractivity contribution in [2.45, 2.75) is 19.9 Å². The number of nitrogens with zero attached hydrogens (tertiary/aromatic N) is 1.